The van der Waals surface area contributed by atoms with E-state index >= 15 is 0 Å². The minimum Gasteiger partial charge on any atom is -0.192 e. The van der Waals surface area contributed by atoms with E-state index in [0.29, 0.717) is 11.3 Å². The first-order valence-electron chi connectivity index (χ1n) is 3.68. The zero-order chi connectivity index (χ0) is 8.97. The number of rotatable bonds is 2. The third-order valence-corrected chi connectivity index (χ3v) is 1.70. The van der Waals surface area contributed by atoms with Crippen molar-refractivity contribution in [3.05, 3.63) is 34.2 Å². The normalized spacial score (nSPS) is 9.00. The van der Waals surface area contributed by atoms with Crippen molar-refractivity contribution in [2.45, 2.75) is 13.3 Å². The van der Waals surface area contributed by atoms with Gasteiger partial charge in [-0.05, 0) is 35.4 Å². The molecule has 0 aliphatic heterocycles. The highest BCUT2D eigenvalue weighted by Crippen LogP contribution is 2.17. The molecule has 0 aliphatic carbocycles. The molecular formula is C9H8N2O. The van der Waals surface area contributed by atoms with E-state index in [2.05, 4.69) is 11.2 Å². The molecule has 1 aromatic carbocycles. The van der Waals surface area contributed by atoms with E-state index in [9.17, 15) is 4.91 Å². The average Bonchev–Trinajstić information content (AvgIpc) is 2.16. The van der Waals surface area contributed by atoms with Crippen LogP contribution in [0.25, 0.3) is 0 Å². The molecule has 0 radical (unpaired) electrons. The Balaban J connectivity index is 3.21. The molecule has 0 saturated carbocycles. The van der Waals surface area contributed by atoms with Crippen molar-refractivity contribution in [3.63, 3.8) is 0 Å². The van der Waals surface area contributed by atoms with Crippen LogP contribution in [0.4, 0.5) is 5.69 Å². The van der Waals surface area contributed by atoms with Gasteiger partial charge in [0.05, 0.1) is 11.6 Å². The van der Waals surface area contributed by atoms with Crippen LogP contribution in [0.5, 0.6) is 0 Å². The van der Waals surface area contributed by atoms with Gasteiger partial charge in [-0.1, -0.05) is 6.92 Å². The molecule has 0 fully saturated rings. The largest absolute Gasteiger partial charge is 0.192 e. The molecular weight excluding hydrogens is 152 g/mol. The van der Waals surface area contributed by atoms with Crippen LogP contribution in [0, 0.1) is 16.2 Å². The summed E-state index contributed by atoms with van der Waals surface area (Å²) in [5.41, 5.74) is 1.87. The van der Waals surface area contributed by atoms with Gasteiger partial charge in [-0.25, -0.2) is 0 Å². The highest BCUT2D eigenvalue weighted by molar-refractivity contribution is 5.48. The maximum absolute atomic E-state index is 10.1. The molecule has 0 bridgehead atoms. The van der Waals surface area contributed by atoms with Crippen LogP contribution >= 0.6 is 0 Å². The van der Waals surface area contributed by atoms with Crippen LogP contribution in [0.3, 0.4) is 0 Å². The summed E-state index contributed by atoms with van der Waals surface area (Å²) in [6, 6.07) is 6.87. The molecule has 0 saturated heterocycles. The molecule has 0 unspecified atom stereocenters. The number of hydrogen-bond donors (Lipinski definition) is 0. The van der Waals surface area contributed by atoms with Crippen molar-refractivity contribution in [2.75, 3.05) is 0 Å². The molecule has 0 aliphatic rings. The van der Waals surface area contributed by atoms with Gasteiger partial charge >= 0.3 is 0 Å². The standard InChI is InChI=1S/C9H8N2O/c1-2-7-5-9(11-12)4-3-8(7)6-10/h3-5H,2H2,1H3. The molecule has 0 heterocycles. The summed E-state index contributed by atoms with van der Waals surface area (Å²) in [6.45, 7) is 1.94. The first kappa shape index (κ1) is 8.41. The monoisotopic (exact) mass is 160 g/mol. The summed E-state index contributed by atoms with van der Waals surface area (Å²) in [5, 5.41) is 11.4. The van der Waals surface area contributed by atoms with Gasteiger partial charge in [0.25, 0.3) is 0 Å². The lowest BCUT2D eigenvalue weighted by molar-refractivity contribution is 1.13. The van der Waals surface area contributed by atoms with Crippen molar-refractivity contribution in [1.82, 2.24) is 0 Å². The van der Waals surface area contributed by atoms with Gasteiger partial charge in [-0.2, -0.15) is 5.26 Å². The van der Waals surface area contributed by atoms with E-state index in [1.165, 1.54) is 0 Å². The van der Waals surface area contributed by atoms with E-state index in [4.69, 9.17) is 5.26 Å². The first-order valence-corrected chi connectivity index (χ1v) is 3.68. The Morgan fingerprint density at radius 2 is 2.33 bits per heavy atom. The van der Waals surface area contributed by atoms with Gasteiger partial charge < -0.3 is 0 Å². The summed E-state index contributed by atoms with van der Waals surface area (Å²) in [7, 11) is 0. The number of nitriles is 1. The lowest BCUT2D eigenvalue weighted by Crippen LogP contribution is -1.85. The number of hydrogen-bond acceptors (Lipinski definition) is 3. The lowest BCUT2D eigenvalue weighted by atomic mass is 10.1. The van der Waals surface area contributed by atoms with Crippen LogP contribution in [0.15, 0.2) is 23.4 Å². The highest BCUT2D eigenvalue weighted by Gasteiger charge is 2.00. The Morgan fingerprint density at radius 3 is 2.83 bits per heavy atom. The molecule has 0 N–H and O–H groups in total. The zero-order valence-electron chi connectivity index (χ0n) is 6.74. The fourth-order valence-electron chi connectivity index (χ4n) is 1.04. The van der Waals surface area contributed by atoms with E-state index in [0.717, 1.165) is 12.0 Å². The number of nitrogens with zero attached hydrogens (tertiary/aromatic N) is 2. The molecule has 0 spiro atoms. The molecule has 3 nitrogen and oxygen atoms in total. The molecule has 1 aromatic rings. The Bertz CT molecular complexity index is 339. The van der Waals surface area contributed by atoms with Crippen molar-refractivity contribution in [3.8, 4) is 6.07 Å². The predicted molar refractivity (Wildman–Crippen MR) is 46.0 cm³/mol. The van der Waals surface area contributed by atoms with Crippen LogP contribution < -0.4 is 0 Å². The molecule has 0 amide bonds. The SMILES string of the molecule is CCc1cc(N=O)ccc1C#N. The molecule has 3 heteroatoms. The van der Waals surface area contributed by atoms with E-state index in [1.807, 2.05) is 6.92 Å². The van der Waals surface area contributed by atoms with Gasteiger partial charge in [0.15, 0.2) is 0 Å². The van der Waals surface area contributed by atoms with E-state index < -0.39 is 0 Å². The van der Waals surface area contributed by atoms with Crippen LogP contribution in [0.1, 0.15) is 18.1 Å². The summed E-state index contributed by atoms with van der Waals surface area (Å²) < 4.78 is 0. The third kappa shape index (κ3) is 1.48. The second-order valence-electron chi connectivity index (χ2n) is 2.40. The second-order valence-corrected chi connectivity index (χ2v) is 2.40. The first-order chi connectivity index (χ1) is 5.81. The van der Waals surface area contributed by atoms with Gasteiger partial charge in [-0.15, -0.1) is 4.91 Å². The fourth-order valence-corrected chi connectivity index (χ4v) is 1.04. The fraction of sp³-hybridized carbons (Fsp3) is 0.222. The second kappa shape index (κ2) is 3.63. The number of benzene rings is 1. The van der Waals surface area contributed by atoms with E-state index in [1.54, 1.807) is 18.2 Å². The highest BCUT2D eigenvalue weighted by atomic mass is 16.3. The quantitative estimate of drug-likeness (QED) is 0.624. The number of nitroso groups, excluding NO2 is 1. The number of aryl methyl sites for hydroxylation is 1. The predicted octanol–water partition coefficient (Wildman–Crippen LogP) is 2.52. The maximum atomic E-state index is 10.1. The maximum Gasteiger partial charge on any atom is 0.108 e. The van der Waals surface area contributed by atoms with Gasteiger partial charge in [0.2, 0.25) is 0 Å². The van der Waals surface area contributed by atoms with Crippen molar-refractivity contribution < 1.29 is 0 Å². The summed E-state index contributed by atoms with van der Waals surface area (Å²) in [5.74, 6) is 0. The van der Waals surface area contributed by atoms with E-state index in [-0.39, 0.29) is 0 Å². The topological polar surface area (TPSA) is 53.2 Å². The zero-order valence-corrected chi connectivity index (χ0v) is 6.74. The van der Waals surface area contributed by atoms with Crippen molar-refractivity contribution in [2.24, 2.45) is 5.18 Å². The Morgan fingerprint density at radius 1 is 1.58 bits per heavy atom. The smallest absolute Gasteiger partial charge is 0.108 e. The van der Waals surface area contributed by atoms with Crippen molar-refractivity contribution in [1.29, 1.82) is 5.26 Å². The summed E-state index contributed by atoms with van der Waals surface area (Å²) in [4.78, 5) is 10.1. The average molecular weight is 160 g/mol. The Hall–Kier alpha value is -1.69. The molecule has 0 aromatic heterocycles. The lowest BCUT2D eigenvalue weighted by Gasteiger charge is -1.98. The van der Waals surface area contributed by atoms with Crippen LogP contribution in [0.2, 0.25) is 0 Å². The van der Waals surface area contributed by atoms with Crippen LogP contribution in [-0.4, -0.2) is 0 Å². The Kier molecular flexibility index (Phi) is 2.54. The molecule has 12 heavy (non-hydrogen) atoms. The van der Waals surface area contributed by atoms with Crippen molar-refractivity contribution >= 4 is 5.69 Å². The summed E-state index contributed by atoms with van der Waals surface area (Å²) >= 11 is 0. The van der Waals surface area contributed by atoms with Crippen LogP contribution in [-0.2, 0) is 6.42 Å². The molecule has 60 valence electrons. The van der Waals surface area contributed by atoms with Gasteiger partial charge in [0.1, 0.15) is 5.69 Å². The molecule has 1 rings (SSSR count). The minimum absolute atomic E-state index is 0.380. The summed E-state index contributed by atoms with van der Waals surface area (Å²) in [6.07, 6.45) is 0.742. The minimum atomic E-state index is 0.380. The van der Waals surface area contributed by atoms with Gasteiger partial charge in [-0.3, -0.25) is 0 Å². The molecule has 0 atom stereocenters. The third-order valence-electron chi connectivity index (χ3n) is 1.70. The Labute approximate surface area is 70.6 Å². The van der Waals surface area contributed by atoms with Gasteiger partial charge in [0, 0.05) is 0 Å².